The minimum Gasteiger partial charge on any atom is -0.314 e. The summed E-state index contributed by atoms with van der Waals surface area (Å²) in [6.45, 7) is 2.32. The van der Waals surface area contributed by atoms with E-state index in [0.717, 1.165) is 13.1 Å². The van der Waals surface area contributed by atoms with E-state index in [4.69, 9.17) is 0 Å². The Bertz CT molecular complexity index is 199. The topological polar surface area (TPSA) is 49.4 Å². The predicted molar refractivity (Wildman–Crippen MR) is 51.1 cm³/mol. The normalized spacial score (nSPS) is 12.3. The summed E-state index contributed by atoms with van der Waals surface area (Å²) in [7, 11) is 1.17. The third kappa shape index (κ3) is 9.87. The highest BCUT2D eigenvalue weighted by Crippen LogP contribution is 1.79. The van der Waals surface area contributed by atoms with Crippen LogP contribution in [0, 0.1) is 0 Å². The van der Waals surface area contributed by atoms with Crippen LogP contribution in [-0.4, -0.2) is 59.1 Å². The van der Waals surface area contributed by atoms with E-state index in [0.29, 0.717) is 6.54 Å². The minimum atomic E-state index is -2.80. The highest BCUT2D eigenvalue weighted by molar-refractivity contribution is 7.90. The van der Waals surface area contributed by atoms with E-state index < -0.39 is 9.84 Å². The van der Waals surface area contributed by atoms with Gasteiger partial charge in [0, 0.05) is 25.9 Å². The first-order valence-electron chi connectivity index (χ1n) is 3.95. The number of hydrogen-bond donors (Lipinski definition) is 1. The number of likely N-dealkylation sites (N-methyl/N-ethyl adjacent to an activating group) is 1. The maximum Gasteiger partial charge on any atom is 0.148 e. The van der Waals surface area contributed by atoms with E-state index in [1.165, 1.54) is 6.26 Å². The molecule has 74 valence electrons. The van der Waals surface area contributed by atoms with Crippen LogP contribution in [0.2, 0.25) is 0 Å². The summed E-state index contributed by atoms with van der Waals surface area (Å²) in [5.74, 6) is 0.223. The molecule has 0 rings (SSSR count). The molecular formula is C7H18N2O2S. The van der Waals surface area contributed by atoms with Gasteiger partial charge in [0.1, 0.15) is 9.84 Å². The summed E-state index contributed by atoms with van der Waals surface area (Å²) in [6.07, 6.45) is 1.25. The molecule has 0 spiro atoms. The van der Waals surface area contributed by atoms with E-state index >= 15 is 0 Å². The highest BCUT2D eigenvalue weighted by atomic mass is 32.2. The number of nitrogens with one attached hydrogen (secondary N) is 1. The van der Waals surface area contributed by atoms with Crippen molar-refractivity contribution in [1.29, 1.82) is 0 Å². The maximum atomic E-state index is 10.7. The quantitative estimate of drug-likeness (QED) is 0.561. The number of sulfone groups is 1. The molecule has 0 aromatic carbocycles. The Hall–Kier alpha value is -0.130. The van der Waals surface area contributed by atoms with E-state index in [9.17, 15) is 8.42 Å². The molecule has 0 aromatic rings. The standard InChI is InChI=1S/C7H18N2O2S/c1-9(2)6-4-8-5-7-12(3,10)11/h8H,4-7H2,1-3H3. The molecule has 0 aliphatic heterocycles. The second-order valence-corrected chi connectivity index (χ2v) is 5.44. The van der Waals surface area contributed by atoms with Crippen molar-refractivity contribution < 1.29 is 8.42 Å². The van der Waals surface area contributed by atoms with Gasteiger partial charge < -0.3 is 10.2 Å². The van der Waals surface area contributed by atoms with Gasteiger partial charge in [-0.1, -0.05) is 0 Å². The minimum absolute atomic E-state index is 0.223. The maximum absolute atomic E-state index is 10.7. The Morgan fingerprint density at radius 3 is 2.25 bits per heavy atom. The summed E-state index contributed by atoms with van der Waals surface area (Å²) in [4.78, 5) is 2.05. The summed E-state index contributed by atoms with van der Waals surface area (Å²) in [5, 5.41) is 3.05. The number of rotatable bonds is 6. The van der Waals surface area contributed by atoms with Crippen molar-refractivity contribution in [3.8, 4) is 0 Å². The fraction of sp³-hybridized carbons (Fsp3) is 1.00. The molecule has 5 heteroatoms. The van der Waals surface area contributed by atoms with Crippen molar-refractivity contribution in [2.45, 2.75) is 0 Å². The molecule has 12 heavy (non-hydrogen) atoms. The zero-order chi connectivity index (χ0) is 9.61. The van der Waals surface area contributed by atoms with Gasteiger partial charge in [-0.15, -0.1) is 0 Å². The molecule has 4 nitrogen and oxygen atoms in total. The van der Waals surface area contributed by atoms with E-state index in [-0.39, 0.29) is 5.75 Å². The van der Waals surface area contributed by atoms with Crippen molar-refractivity contribution in [3.63, 3.8) is 0 Å². The Balaban J connectivity index is 3.23. The zero-order valence-electron chi connectivity index (χ0n) is 8.00. The molecule has 0 saturated carbocycles. The molecule has 0 unspecified atom stereocenters. The molecule has 0 bridgehead atoms. The second-order valence-electron chi connectivity index (χ2n) is 3.18. The van der Waals surface area contributed by atoms with Gasteiger partial charge in [0.15, 0.2) is 0 Å². The monoisotopic (exact) mass is 194 g/mol. The fourth-order valence-electron chi connectivity index (χ4n) is 0.685. The first kappa shape index (κ1) is 11.9. The Labute approximate surface area is 74.9 Å². The van der Waals surface area contributed by atoms with Gasteiger partial charge in [0.2, 0.25) is 0 Å². The molecule has 0 aliphatic carbocycles. The molecule has 0 saturated heterocycles. The molecule has 1 N–H and O–H groups in total. The predicted octanol–water partition coefficient (Wildman–Crippen LogP) is -0.818. The smallest absolute Gasteiger partial charge is 0.148 e. The van der Waals surface area contributed by atoms with Gasteiger partial charge in [-0.05, 0) is 14.1 Å². The van der Waals surface area contributed by atoms with Crippen LogP contribution in [-0.2, 0) is 9.84 Å². The summed E-state index contributed by atoms with van der Waals surface area (Å²) < 4.78 is 21.4. The van der Waals surface area contributed by atoms with Crippen LogP contribution in [0.1, 0.15) is 0 Å². The second kappa shape index (κ2) is 5.50. The van der Waals surface area contributed by atoms with Crippen molar-refractivity contribution >= 4 is 9.84 Å². The zero-order valence-corrected chi connectivity index (χ0v) is 8.82. The van der Waals surface area contributed by atoms with Crippen LogP contribution in [0.4, 0.5) is 0 Å². The molecule has 0 atom stereocenters. The fourth-order valence-corrected chi connectivity index (χ4v) is 1.20. The van der Waals surface area contributed by atoms with Gasteiger partial charge in [0.05, 0.1) is 5.75 Å². The van der Waals surface area contributed by atoms with Crippen LogP contribution >= 0.6 is 0 Å². The molecule has 0 amide bonds. The van der Waals surface area contributed by atoms with Crippen LogP contribution in [0.15, 0.2) is 0 Å². The molecule has 0 aromatic heterocycles. The molecule has 0 fully saturated rings. The van der Waals surface area contributed by atoms with Crippen molar-refractivity contribution in [3.05, 3.63) is 0 Å². The lowest BCUT2D eigenvalue weighted by atomic mass is 10.5. The van der Waals surface area contributed by atoms with Crippen LogP contribution < -0.4 is 5.32 Å². The average Bonchev–Trinajstić information content (AvgIpc) is 1.83. The van der Waals surface area contributed by atoms with E-state index in [2.05, 4.69) is 5.32 Å². The number of hydrogen-bond acceptors (Lipinski definition) is 4. The van der Waals surface area contributed by atoms with E-state index in [1.54, 1.807) is 0 Å². The van der Waals surface area contributed by atoms with Gasteiger partial charge in [-0.25, -0.2) is 8.42 Å². The third-order valence-electron chi connectivity index (χ3n) is 1.39. The molecule has 0 heterocycles. The lowest BCUT2D eigenvalue weighted by Gasteiger charge is -2.09. The van der Waals surface area contributed by atoms with Crippen LogP contribution in [0.5, 0.6) is 0 Å². The molecule has 0 aliphatic rings. The summed E-state index contributed by atoms with van der Waals surface area (Å²) in [6, 6.07) is 0. The van der Waals surface area contributed by atoms with Crippen molar-refractivity contribution in [1.82, 2.24) is 10.2 Å². The first-order chi connectivity index (χ1) is 5.42. The molecular weight excluding hydrogens is 176 g/mol. The van der Waals surface area contributed by atoms with Crippen LogP contribution in [0.3, 0.4) is 0 Å². The Kier molecular flexibility index (Phi) is 5.44. The van der Waals surface area contributed by atoms with Gasteiger partial charge >= 0.3 is 0 Å². The lowest BCUT2D eigenvalue weighted by molar-refractivity contribution is 0.402. The number of nitrogens with zero attached hydrogens (tertiary/aromatic N) is 1. The van der Waals surface area contributed by atoms with Gasteiger partial charge in [0.25, 0.3) is 0 Å². The van der Waals surface area contributed by atoms with Crippen molar-refractivity contribution in [2.24, 2.45) is 0 Å². The first-order valence-corrected chi connectivity index (χ1v) is 6.01. The van der Waals surface area contributed by atoms with Gasteiger partial charge in [-0.2, -0.15) is 0 Å². The van der Waals surface area contributed by atoms with Crippen LogP contribution in [0.25, 0.3) is 0 Å². The average molecular weight is 194 g/mol. The SMILES string of the molecule is CN(C)CCNCCS(C)(=O)=O. The largest absolute Gasteiger partial charge is 0.314 e. The summed E-state index contributed by atoms with van der Waals surface area (Å²) in [5.41, 5.74) is 0. The van der Waals surface area contributed by atoms with Crippen molar-refractivity contribution in [2.75, 3.05) is 45.7 Å². The summed E-state index contributed by atoms with van der Waals surface area (Å²) >= 11 is 0. The Morgan fingerprint density at radius 2 is 1.83 bits per heavy atom. The Morgan fingerprint density at radius 1 is 1.25 bits per heavy atom. The van der Waals surface area contributed by atoms with E-state index in [1.807, 2.05) is 19.0 Å². The van der Waals surface area contributed by atoms with Gasteiger partial charge in [-0.3, -0.25) is 0 Å². The lowest BCUT2D eigenvalue weighted by Crippen LogP contribution is -2.29. The highest BCUT2D eigenvalue weighted by Gasteiger charge is 1.99. The third-order valence-corrected chi connectivity index (χ3v) is 2.33. The molecule has 0 radical (unpaired) electrons.